The van der Waals surface area contributed by atoms with E-state index in [0.29, 0.717) is 6.04 Å². The average Bonchev–Trinajstić information content (AvgIpc) is 3.12. The lowest BCUT2D eigenvalue weighted by molar-refractivity contribution is -0.287. The van der Waals surface area contributed by atoms with Crippen LogP contribution in [-0.4, -0.2) is 58.2 Å². The van der Waals surface area contributed by atoms with Gasteiger partial charge in [-0.25, -0.2) is 0 Å². The van der Waals surface area contributed by atoms with Crippen molar-refractivity contribution in [3.63, 3.8) is 0 Å². The predicted octanol–water partition coefficient (Wildman–Crippen LogP) is 3.01. The van der Waals surface area contributed by atoms with E-state index in [2.05, 4.69) is 38.8 Å². The number of hydrogen-bond acceptors (Lipinski definition) is 5. The topological polar surface area (TPSA) is 73.2 Å². The number of piperidine rings is 1. The number of rotatable bonds is 3. The molecule has 0 aromatic heterocycles. The zero-order valence-corrected chi connectivity index (χ0v) is 20.2. The van der Waals surface area contributed by atoms with Gasteiger partial charge in [-0.3, -0.25) is 0 Å². The summed E-state index contributed by atoms with van der Waals surface area (Å²) in [7, 11) is 2.27. The number of ether oxygens (including phenoxy) is 1. The van der Waals surface area contributed by atoms with Crippen molar-refractivity contribution in [1.82, 2.24) is 4.90 Å². The number of aliphatic hydroxyl groups is 3. The molecule has 2 heterocycles. The lowest BCUT2D eigenvalue weighted by Crippen LogP contribution is -2.81. The van der Waals surface area contributed by atoms with Crippen LogP contribution in [-0.2, 0) is 18.4 Å². The van der Waals surface area contributed by atoms with Gasteiger partial charge < -0.3 is 25.0 Å². The summed E-state index contributed by atoms with van der Waals surface area (Å²) in [4.78, 5) is 2.56. The van der Waals surface area contributed by atoms with E-state index in [9.17, 15) is 15.3 Å². The van der Waals surface area contributed by atoms with Crippen molar-refractivity contribution in [2.75, 3.05) is 20.2 Å². The minimum Gasteiger partial charge on any atom is -0.488 e. The highest BCUT2D eigenvalue weighted by atomic mass is 16.5. The molecule has 3 saturated carbocycles. The lowest BCUT2D eigenvalue weighted by Gasteiger charge is -2.75. The Morgan fingerprint density at radius 1 is 1.12 bits per heavy atom. The van der Waals surface area contributed by atoms with Gasteiger partial charge >= 0.3 is 0 Å². The highest BCUT2D eigenvalue weighted by Crippen LogP contribution is 2.79. The molecule has 0 amide bonds. The van der Waals surface area contributed by atoms with Gasteiger partial charge in [0.25, 0.3) is 0 Å². The zero-order chi connectivity index (χ0) is 22.9. The third-order valence-electron chi connectivity index (χ3n) is 11.3. The summed E-state index contributed by atoms with van der Waals surface area (Å²) < 4.78 is 6.95. The van der Waals surface area contributed by atoms with Crippen molar-refractivity contribution in [2.24, 2.45) is 22.2 Å². The van der Waals surface area contributed by atoms with Gasteiger partial charge in [-0.15, -0.1) is 0 Å². The molecule has 5 nitrogen and oxygen atoms in total. The summed E-state index contributed by atoms with van der Waals surface area (Å²) in [6.07, 6.45) is 4.75. The summed E-state index contributed by atoms with van der Waals surface area (Å²) in [5.41, 5.74) is 1.72. The normalized spacial score (nSPS) is 43.6. The van der Waals surface area contributed by atoms with Crippen LogP contribution in [0.1, 0.15) is 70.1 Å². The van der Waals surface area contributed by atoms with E-state index in [1.165, 1.54) is 11.1 Å². The molecule has 4 aliphatic carbocycles. The van der Waals surface area contributed by atoms with E-state index >= 15 is 0 Å². The van der Waals surface area contributed by atoms with E-state index in [0.717, 1.165) is 50.0 Å². The maximum Gasteiger partial charge on any atom is 0.129 e. The van der Waals surface area contributed by atoms with Crippen LogP contribution in [0.3, 0.4) is 0 Å². The first-order valence-electron chi connectivity index (χ1n) is 12.5. The van der Waals surface area contributed by atoms with Crippen LogP contribution in [0.5, 0.6) is 5.75 Å². The molecule has 4 fully saturated rings. The molecule has 1 aromatic carbocycles. The predicted molar refractivity (Wildman–Crippen MR) is 123 cm³/mol. The van der Waals surface area contributed by atoms with Crippen molar-refractivity contribution in [1.29, 1.82) is 0 Å². The van der Waals surface area contributed by atoms with Crippen LogP contribution < -0.4 is 4.74 Å². The van der Waals surface area contributed by atoms with Gasteiger partial charge in [-0.05, 0) is 69.5 Å². The Balaban J connectivity index is 1.65. The van der Waals surface area contributed by atoms with Gasteiger partial charge in [-0.2, -0.15) is 0 Å². The fraction of sp³-hybridized carbons (Fsp3) is 0.778. The lowest BCUT2D eigenvalue weighted by atomic mass is 9.31. The molecule has 7 atom stereocenters. The minimum absolute atomic E-state index is 0.0216. The Hall–Kier alpha value is -1.14. The van der Waals surface area contributed by atoms with Gasteiger partial charge in [0.1, 0.15) is 11.9 Å². The molecular weight excluding hydrogens is 402 g/mol. The molecule has 0 radical (unpaired) electrons. The standard InChI is InChI=1S/C27H39NO4/c1-23(2,3)24(4,31)18-13-26-9-8-25(18,15-30)22-27(26)10-11-28(5)19(26)12-16-6-7-17(14-29)21(32-22)20(16)27/h6-7,18-19,22,29-31H,8-15H2,1-5H3/t18-,19-,22+,24+,25-,26-,27+/m1/s1. The molecule has 3 N–H and O–H groups in total. The molecule has 176 valence electrons. The van der Waals surface area contributed by atoms with Crippen molar-refractivity contribution in [3.8, 4) is 5.75 Å². The van der Waals surface area contributed by atoms with Crippen molar-refractivity contribution in [2.45, 2.75) is 89.6 Å². The Labute approximate surface area is 191 Å². The maximum absolute atomic E-state index is 12.1. The van der Waals surface area contributed by atoms with Crippen LogP contribution in [0.25, 0.3) is 0 Å². The molecule has 1 aromatic rings. The quantitative estimate of drug-likeness (QED) is 0.673. The van der Waals surface area contributed by atoms with Gasteiger partial charge in [0, 0.05) is 33.4 Å². The second kappa shape index (κ2) is 6.10. The summed E-state index contributed by atoms with van der Waals surface area (Å²) in [6, 6.07) is 4.66. The van der Waals surface area contributed by atoms with E-state index in [1.54, 1.807) is 0 Å². The van der Waals surface area contributed by atoms with Crippen molar-refractivity contribution >= 4 is 0 Å². The van der Waals surface area contributed by atoms with Gasteiger partial charge in [0.15, 0.2) is 0 Å². The molecule has 2 aliphatic heterocycles. The summed E-state index contributed by atoms with van der Waals surface area (Å²) in [5.74, 6) is 0.840. The molecule has 7 rings (SSSR count). The molecule has 1 saturated heterocycles. The maximum atomic E-state index is 12.1. The van der Waals surface area contributed by atoms with E-state index in [4.69, 9.17) is 4.74 Å². The second-order valence-corrected chi connectivity index (χ2v) is 12.9. The highest BCUT2D eigenvalue weighted by Gasteiger charge is 2.81. The molecule has 4 bridgehead atoms. The molecule has 5 heteroatoms. The van der Waals surface area contributed by atoms with Gasteiger partial charge in [0.2, 0.25) is 0 Å². The Bertz CT molecular complexity index is 983. The summed E-state index contributed by atoms with van der Waals surface area (Å²) in [5, 5.41) is 33.3. The molecule has 0 unspecified atom stereocenters. The monoisotopic (exact) mass is 441 g/mol. The van der Waals surface area contributed by atoms with Crippen LogP contribution in [0.4, 0.5) is 0 Å². The number of nitrogens with zero attached hydrogens (tertiary/aromatic N) is 1. The average molecular weight is 442 g/mol. The second-order valence-electron chi connectivity index (χ2n) is 12.9. The largest absolute Gasteiger partial charge is 0.488 e. The van der Waals surface area contributed by atoms with Crippen LogP contribution >= 0.6 is 0 Å². The van der Waals surface area contributed by atoms with E-state index in [1.807, 2.05) is 13.0 Å². The van der Waals surface area contributed by atoms with Crippen LogP contribution in [0.2, 0.25) is 0 Å². The SMILES string of the molecule is CN1CC[C@]23c4c5ccc(CO)c4O[C@H]2[C@@]2(CO)CC[C@@]3(C[C@@H]2[C@](C)(O)C(C)(C)C)[C@H]1C5. The van der Waals surface area contributed by atoms with Crippen LogP contribution in [0.15, 0.2) is 12.1 Å². The minimum atomic E-state index is -0.935. The number of fused-ring (bicyclic) bond motifs is 2. The molecular formula is C27H39NO4. The Morgan fingerprint density at radius 3 is 2.53 bits per heavy atom. The number of likely N-dealkylation sites (tertiary alicyclic amines) is 1. The fourth-order valence-electron chi connectivity index (χ4n) is 9.22. The first kappa shape index (κ1) is 21.4. The first-order chi connectivity index (χ1) is 15.0. The van der Waals surface area contributed by atoms with E-state index in [-0.39, 0.29) is 41.5 Å². The first-order valence-corrected chi connectivity index (χ1v) is 12.5. The number of hydrogen-bond donors (Lipinski definition) is 3. The Morgan fingerprint density at radius 2 is 1.88 bits per heavy atom. The fourth-order valence-corrected chi connectivity index (χ4v) is 9.22. The number of aliphatic hydroxyl groups excluding tert-OH is 2. The van der Waals surface area contributed by atoms with Gasteiger partial charge in [-0.1, -0.05) is 32.9 Å². The van der Waals surface area contributed by atoms with Crippen molar-refractivity contribution < 1.29 is 20.1 Å². The Kier molecular flexibility index (Phi) is 4.08. The zero-order valence-electron chi connectivity index (χ0n) is 20.2. The molecule has 32 heavy (non-hydrogen) atoms. The summed E-state index contributed by atoms with van der Waals surface area (Å²) in [6.45, 7) is 9.38. The third-order valence-corrected chi connectivity index (χ3v) is 11.3. The molecule has 6 aliphatic rings. The van der Waals surface area contributed by atoms with E-state index < -0.39 is 11.0 Å². The highest BCUT2D eigenvalue weighted by molar-refractivity contribution is 5.61. The van der Waals surface area contributed by atoms with Gasteiger partial charge in [0.05, 0.1) is 18.8 Å². The summed E-state index contributed by atoms with van der Waals surface area (Å²) >= 11 is 0. The number of likely N-dealkylation sites (N-methyl/N-ethyl adjacent to an activating group) is 1. The smallest absolute Gasteiger partial charge is 0.129 e. The number of benzene rings is 1. The van der Waals surface area contributed by atoms with Crippen LogP contribution in [0, 0.1) is 22.2 Å². The van der Waals surface area contributed by atoms with Crippen molar-refractivity contribution in [3.05, 3.63) is 28.8 Å². The molecule has 2 spiro atoms. The third kappa shape index (κ3) is 2.04.